The number of nitro benzene ring substituents is 1. The van der Waals surface area contributed by atoms with E-state index in [2.05, 4.69) is 52.3 Å². The molecule has 2 amide bonds. The summed E-state index contributed by atoms with van der Waals surface area (Å²) in [6.07, 6.45) is 1.72. The van der Waals surface area contributed by atoms with Crippen molar-refractivity contribution in [1.29, 1.82) is 0 Å². The van der Waals surface area contributed by atoms with Crippen LogP contribution in [-0.2, 0) is 11.3 Å². The molecule has 1 aliphatic heterocycles. The third kappa shape index (κ3) is 4.47. The van der Waals surface area contributed by atoms with E-state index in [1.54, 1.807) is 24.3 Å². The van der Waals surface area contributed by atoms with Gasteiger partial charge in [-0.1, -0.05) is 18.2 Å². The molecule has 0 N–H and O–H groups in total. The Hall–Kier alpha value is -2.92. The zero-order valence-electron chi connectivity index (χ0n) is 18.2. The first-order chi connectivity index (χ1) is 15.7. The Morgan fingerprint density at radius 3 is 2.52 bits per heavy atom. The molecule has 0 bridgehead atoms. The number of halogens is 1. The molecule has 9 heteroatoms. The molecule has 1 aliphatic rings. The fraction of sp³-hybridized carbons (Fsp3) is 0.167. The summed E-state index contributed by atoms with van der Waals surface area (Å²) in [6, 6.07) is 14.4. The van der Waals surface area contributed by atoms with Gasteiger partial charge in [-0.15, -0.1) is 0 Å². The highest BCUT2D eigenvalue weighted by atomic mass is 127. The van der Waals surface area contributed by atoms with E-state index >= 15 is 0 Å². The summed E-state index contributed by atoms with van der Waals surface area (Å²) in [5.41, 5.74) is 5.23. The monoisotopic (exact) mass is 573 g/mol. The molecule has 4 rings (SSSR count). The van der Waals surface area contributed by atoms with Gasteiger partial charge in [0.1, 0.15) is 0 Å². The number of nitrogens with zero attached hydrogens (tertiary/aromatic N) is 3. The zero-order valence-corrected chi connectivity index (χ0v) is 21.1. The summed E-state index contributed by atoms with van der Waals surface area (Å²) < 4.78 is 3.30. The van der Waals surface area contributed by atoms with Crippen LogP contribution in [-0.4, -0.2) is 25.5 Å². The maximum Gasteiger partial charge on any atom is 0.293 e. The molecule has 0 spiro atoms. The highest BCUT2D eigenvalue weighted by molar-refractivity contribution is 14.1. The van der Waals surface area contributed by atoms with Gasteiger partial charge >= 0.3 is 0 Å². The molecule has 0 aliphatic carbocycles. The van der Waals surface area contributed by atoms with Crippen LogP contribution < -0.4 is 0 Å². The molecule has 1 saturated heterocycles. The second kappa shape index (κ2) is 9.14. The van der Waals surface area contributed by atoms with E-state index < -0.39 is 16.1 Å². The summed E-state index contributed by atoms with van der Waals surface area (Å²) in [6.45, 7) is 5.90. The lowest BCUT2D eigenvalue weighted by Gasteiger charge is -2.12. The summed E-state index contributed by atoms with van der Waals surface area (Å²) in [5, 5.41) is 10.9. The van der Waals surface area contributed by atoms with Gasteiger partial charge in [-0.3, -0.25) is 24.6 Å². The van der Waals surface area contributed by atoms with E-state index in [4.69, 9.17) is 0 Å². The van der Waals surface area contributed by atoms with Crippen molar-refractivity contribution >= 4 is 57.3 Å². The van der Waals surface area contributed by atoms with Crippen LogP contribution in [0.1, 0.15) is 28.1 Å². The number of benzene rings is 2. The summed E-state index contributed by atoms with van der Waals surface area (Å²) in [4.78, 5) is 37.7. The molecule has 2 aromatic carbocycles. The van der Waals surface area contributed by atoms with E-state index in [1.165, 1.54) is 15.2 Å². The van der Waals surface area contributed by atoms with Gasteiger partial charge in [-0.25, -0.2) is 0 Å². The number of nitro groups is 1. The number of imide groups is 1. The van der Waals surface area contributed by atoms with Crippen LogP contribution >= 0.6 is 34.4 Å². The van der Waals surface area contributed by atoms with Crippen molar-refractivity contribution in [3.63, 3.8) is 0 Å². The van der Waals surface area contributed by atoms with Gasteiger partial charge in [-0.05, 0) is 96.6 Å². The molecule has 168 valence electrons. The average molecular weight is 573 g/mol. The van der Waals surface area contributed by atoms with Gasteiger partial charge in [0.25, 0.3) is 16.8 Å². The Balaban J connectivity index is 1.65. The molecule has 0 atom stereocenters. The minimum Gasteiger partial charge on any atom is -0.318 e. The summed E-state index contributed by atoms with van der Waals surface area (Å²) in [7, 11) is 0. The van der Waals surface area contributed by atoms with Crippen molar-refractivity contribution in [2.24, 2.45) is 0 Å². The fourth-order valence-corrected chi connectivity index (χ4v) is 5.03. The Morgan fingerprint density at radius 1 is 1.09 bits per heavy atom. The Bertz CT molecular complexity index is 1350. The number of hydrogen-bond donors (Lipinski definition) is 0. The number of amides is 2. The SMILES string of the molecule is Cc1cc(-n2c(C)cc(/C=C3\SC(=O)N(Cc4ccccc4[N+](=O)[O-])C3=O)c2C)ccc1I. The topological polar surface area (TPSA) is 85.4 Å². The first kappa shape index (κ1) is 23.2. The predicted octanol–water partition coefficient (Wildman–Crippen LogP) is 6.15. The molecular weight excluding hydrogens is 553 g/mol. The van der Waals surface area contributed by atoms with Crippen molar-refractivity contribution in [2.45, 2.75) is 27.3 Å². The van der Waals surface area contributed by atoms with Crippen molar-refractivity contribution in [3.8, 4) is 5.69 Å². The zero-order chi connectivity index (χ0) is 23.9. The fourth-order valence-electron chi connectivity index (χ4n) is 3.87. The average Bonchev–Trinajstić information content (AvgIpc) is 3.19. The smallest absolute Gasteiger partial charge is 0.293 e. The third-order valence-electron chi connectivity index (χ3n) is 5.55. The van der Waals surface area contributed by atoms with E-state index in [9.17, 15) is 19.7 Å². The van der Waals surface area contributed by atoms with E-state index in [0.717, 1.165) is 39.3 Å². The highest BCUT2D eigenvalue weighted by Crippen LogP contribution is 2.35. The van der Waals surface area contributed by atoms with E-state index in [1.807, 2.05) is 19.9 Å². The van der Waals surface area contributed by atoms with Crippen LogP contribution in [0.15, 0.2) is 53.4 Å². The quantitative estimate of drug-likeness (QED) is 0.158. The first-order valence-electron chi connectivity index (χ1n) is 10.1. The number of carbonyl (C=O) groups excluding carboxylic acids is 2. The van der Waals surface area contributed by atoms with Gasteiger partial charge in [-0.2, -0.15) is 0 Å². The highest BCUT2D eigenvalue weighted by Gasteiger charge is 2.36. The lowest BCUT2D eigenvalue weighted by atomic mass is 10.1. The van der Waals surface area contributed by atoms with Crippen LogP contribution in [0.2, 0.25) is 0 Å². The molecule has 1 aromatic heterocycles. The Morgan fingerprint density at radius 2 is 1.82 bits per heavy atom. The van der Waals surface area contributed by atoms with Gasteiger partial charge in [0, 0.05) is 32.3 Å². The molecule has 0 unspecified atom stereocenters. The number of rotatable bonds is 5. The van der Waals surface area contributed by atoms with Crippen LogP contribution in [0.25, 0.3) is 11.8 Å². The van der Waals surface area contributed by atoms with Crippen LogP contribution in [0.3, 0.4) is 0 Å². The van der Waals surface area contributed by atoms with Crippen LogP contribution in [0.4, 0.5) is 10.5 Å². The number of aryl methyl sites for hydroxylation is 2. The third-order valence-corrected chi connectivity index (χ3v) is 7.66. The molecule has 3 aromatic rings. The van der Waals surface area contributed by atoms with Crippen molar-refractivity contribution in [3.05, 3.63) is 95.2 Å². The lowest BCUT2D eigenvalue weighted by Crippen LogP contribution is -2.27. The molecule has 0 radical (unpaired) electrons. The van der Waals surface area contributed by atoms with Gasteiger partial charge < -0.3 is 4.57 Å². The van der Waals surface area contributed by atoms with Gasteiger partial charge in [0.05, 0.1) is 16.4 Å². The van der Waals surface area contributed by atoms with Gasteiger partial charge in [0.2, 0.25) is 0 Å². The standard InChI is InChI=1S/C24H20IN3O4S/c1-14-10-19(8-9-20(14)25)27-15(2)11-18(16(27)3)12-22-23(29)26(24(30)33-22)13-17-6-4-5-7-21(17)28(31)32/h4-12H,13H2,1-3H3/b22-12-. The maximum absolute atomic E-state index is 13.0. The molecule has 1 fully saturated rings. The normalized spacial score (nSPS) is 15.0. The van der Waals surface area contributed by atoms with Crippen molar-refractivity contribution in [1.82, 2.24) is 9.47 Å². The largest absolute Gasteiger partial charge is 0.318 e. The Kier molecular flexibility index (Phi) is 6.44. The summed E-state index contributed by atoms with van der Waals surface area (Å²) >= 11 is 3.15. The number of carbonyl (C=O) groups is 2. The van der Waals surface area contributed by atoms with Crippen LogP contribution in [0.5, 0.6) is 0 Å². The molecule has 0 saturated carbocycles. The van der Waals surface area contributed by atoms with Crippen molar-refractivity contribution < 1.29 is 14.5 Å². The number of thioether (sulfide) groups is 1. The minimum absolute atomic E-state index is 0.114. The van der Waals surface area contributed by atoms with Gasteiger partial charge in [0.15, 0.2) is 0 Å². The van der Waals surface area contributed by atoms with Crippen molar-refractivity contribution in [2.75, 3.05) is 0 Å². The van der Waals surface area contributed by atoms with Crippen LogP contribution in [0, 0.1) is 34.5 Å². The lowest BCUT2D eigenvalue weighted by molar-refractivity contribution is -0.385. The number of hydrogen-bond acceptors (Lipinski definition) is 5. The number of para-hydroxylation sites is 1. The second-order valence-electron chi connectivity index (χ2n) is 7.75. The molecule has 33 heavy (non-hydrogen) atoms. The van der Waals surface area contributed by atoms with E-state index in [0.29, 0.717) is 10.5 Å². The predicted molar refractivity (Wildman–Crippen MR) is 137 cm³/mol. The molecular formula is C24H20IN3O4S. The first-order valence-corrected chi connectivity index (χ1v) is 12.0. The van der Waals surface area contributed by atoms with E-state index in [-0.39, 0.29) is 12.2 Å². The maximum atomic E-state index is 13.0. The molecule has 7 nitrogen and oxygen atoms in total. The minimum atomic E-state index is -0.509. The number of aromatic nitrogens is 1. The second-order valence-corrected chi connectivity index (χ2v) is 9.90. The Labute approximate surface area is 208 Å². The molecule has 2 heterocycles. The summed E-state index contributed by atoms with van der Waals surface area (Å²) in [5.74, 6) is -0.446.